The number of carbonyl (C=O) groups excluding carboxylic acids is 2. The summed E-state index contributed by atoms with van der Waals surface area (Å²) in [6.07, 6.45) is 5.10. The molecule has 0 aliphatic heterocycles. The first-order valence-electron chi connectivity index (χ1n) is 8.96. The van der Waals surface area contributed by atoms with Crippen LogP contribution in [0.25, 0.3) is 6.08 Å². The number of rotatable bonds is 10. The number of hydrazine groups is 1. The van der Waals surface area contributed by atoms with Gasteiger partial charge in [-0.2, -0.15) is 0 Å². The third-order valence-electron chi connectivity index (χ3n) is 4.26. The van der Waals surface area contributed by atoms with Gasteiger partial charge in [0.2, 0.25) is 21.8 Å². The predicted molar refractivity (Wildman–Crippen MR) is 107 cm³/mol. The van der Waals surface area contributed by atoms with Gasteiger partial charge in [0.25, 0.3) is 0 Å². The van der Waals surface area contributed by atoms with E-state index in [2.05, 4.69) is 5.43 Å². The summed E-state index contributed by atoms with van der Waals surface area (Å²) in [6, 6.07) is 9.45. The molecule has 28 heavy (non-hydrogen) atoms. The largest absolute Gasteiger partial charge is 0.289 e. The van der Waals surface area contributed by atoms with Crippen molar-refractivity contribution in [3.05, 3.63) is 42.0 Å². The highest BCUT2D eigenvalue weighted by molar-refractivity contribution is 7.88. The maximum absolute atomic E-state index is 12.7. The van der Waals surface area contributed by atoms with Crippen molar-refractivity contribution in [2.75, 3.05) is 13.3 Å². The van der Waals surface area contributed by atoms with Crippen LogP contribution in [0.5, 0.6) is 0 Å². The van der Waals surface area contributed by atoms with Gasteiger partial charge in [-0.15, -0.1) is 4.41 Å². The van der Waals surface area contributed by atoms with Crippen LogP contribution < -0.4 is 10.9 Å². The Morgan fingerprint density at radius 3 is 2.25 bits per heavy atom. The van der Waals surface area contributed by atoms with Gasteiger partial charge in [0.15, 0.2) is 0 Å². The molecule has 3 N–H and O–H groups in total. The lowest BCUT2D eigenvalue weighted by Gasteiger charge is -2.27. The molecule has 1 aromatic carbocycles. The number of benzene rings is 1. The molecule has 1 aromatic rings. The van der Waals surface area contributed by atoms with Crippen molar-refractivity contribution in [3.8, 4) is 0 Å². The van der Waals surface area contributed by atoms with Gasteiger partial charge in [0.1, 0.15) is 0 Å². The molecule has 0 spiro atoms. The molecule has 0 unspecified atom stereocenters. The van der Waals surface area contributed by atoms with Crippen LogP contribution in [0, 0.1) is 17.8 Å². The summed E-state index contributed by atoms with van der Waals surface area (Å²) in [5.74, 6) is -2.90. The lowest BCUT2D eigenvalue weighted by atomic mass is 9.82. The molecule has 0 aliphatic rings. The summed E-state index contributed by atoms with van der Waals surface area (Å²) >= 11 is 0. The first kappa shape index (κ1) is 23.8. The number of amides is 2. The van der Waals surface area contributed by atoms with E-state index in [1.54, 1.807) is 11.6 Å². The average molecular weight is 412 g/mol. The van der Waals surface area contributed by atoms with Gasteiger partial charge in [-0.3, -0.25) is 20.2 Å². The van der Waals surface area contributed by atoms with E-state index in [-0.39, 0.29) is 12.3 Å². The van der Waals surface area contributed by atoms with Gasteiger partial charge in [-0.05, 0) is 24.3 Å². The lowest BCUT2D eigenvalue weighted by Crippen LogP contribution is -2.49. The summed E-state index contributed by atoms with van der Waals surface area (Å²) in [6.45, 7) is 3.79. The second-order valence-corrected chi connectivity index (χ2v) is 9.09. The van der Waals surface area contributed by atoms with Crippen molar-refractivity contribution in [1.29, 1.82) is 0 Å². The topological polar surface area (TPSA) is 116 Å². The van der Waals surface area contributed by atoms with Crippen LogP contribution in [0.15, 0.2) is 36.4 Å². The molecule has 8 nitrogen and oxygen atoms in total. The molecule has 9 heteroatoms. The van der Waals surface area contributed by atoms with Crippen molar-refractivity contribution in [2.24, 2.45) is 17.8 Å². The molecule has 156 valence electrons. The Labute approximate surface area is 166 Å². The molecule has 2 amide bonds. The zero-order chi connectivity index (χ0) is 21.3. The number of nitrogens with one attached hydrogen (secondary N) is 2. The Kier molecular flexibility index (Phi) is 9.30. The predicted octanol–water partition coefficient (Wildman–Crippen LogP) is 1.80. The van der Waals surface area contributed by atoms with E-state index in [0.717, 1.165) is 16.2 Å². The zero-order valence-electron chi connectivity index (χ0n) is 16.6. The minimum absolute atomic E-state index is 0.0754. The monoisotopic (exact) mass is 411 g/mol. The number of allylic oxidation sites excluding steroid dienone is 1. The van der Waals surface area contributed by atoms with Gasteiger partial charge >= 0.3 is 0 Å². The number of sulfonamides is 1. The summed E-state index contributed by atoms with van der Waals surface area (Å²) in [7, 11) is -2.41. The highest BCUT2D eigenvalue weighted by Gasteiger charge is 2.34. The Balaban J connectivity index is 3.05. The van der Waals surface area contributed by atoms with Crippen LogP contribution in [-0.4, -0.2) is 43.2 Å². The number of carbonyl (C=O) groups is 2. The van der Waals surface area contributed by atoms with Crippen LogP contribution in [0.1, 0.15) is 32.3 Å². The van der Waals surface area contributed by atoms with E-state index < -0.39 is 33.7 Å². The van der Waals surface area contributed by atoms with E-state index in [1.807, 2.05) is 50.3 Å². The minimum Gasteiger partial charge on any atom is -0.289 e. The van der Waals surface area contributed by atoms with E-state index in [4.69, 9.17) is 5.21 Å². The number of nitrogens with zero attached hydrogens (tertiary/aromatic N) is 1. The number of hydrogen-bond donors (Lipinski definition) is 3. The second-order valence-electron chi connectivity index (χ2n) is 7.07. The molecule has 0 radical (unpaired) electrons. The molecule has 0 saturated carbocycles. The van der Waals surface area contributed by atoms with Crippen LogP contribution in [0.4, 0.5) is 0 Å². The van der Waals surface area contributed by atoms with Crippen molar-refractivity contribution in [2.45, 2.75) is 26.7 Å². The van der Waals surface area contributed by atoms with Crippen molar-refractivity contribution >= 4 is 27.9 Å². The standard InChI is InChI=1S/C19H29N3O5S/c1-14(2)13-17(18(23)20-22(3)28(4,26)27)16(19(24)21-25)12-8-11-15-9-6-5-7-10-15/h5-11,14,16-17,25H,12-13H2,1-4H3,(H,20,23)(H,21,24)/b11-8+/t16-,17+/m0/s1. The van der Waals surface area contributed by atoms with Crippen LogP contribution in [0.3, 0.4) is 0 Å². The fraction of sp³-hybridized carbons (Fsp3) is 0.474. The molecule has 0 fully saturated rings. The number of hydrogen-bond acceptors (Lipinski definition) is 5. The van der Waals surface area contributed by atoms with E-state index in [1.165, 1.54) is 7.05 Å². The van der Waals surface area contributed by atoms with Gasteiger partial charge in [0, 0.05) is 7.05 Å². The normalized spacial score (nSPS) is 14.2. The maximum Gasteiger partial charge on any atom is 0.247 e. The smallest absolute Gasteiger partial charge is 0.247 e. The summed E-state index contributed by atoms with van der Waals surface area (Å²) in [4.78, 5) is 25.0. The van der Waals surface area contributed by atoms with E-state index in [9.17, 15) is 18.0 Å². The fourth-order valence-corrected chi connectivity index (χ4v) is 2.99. The Bertz CT molecular complexity index is 778. The number of hydroxylamine groups is 1. The molecule has 0 heterocycles. The zero-order valence-corrected chi connectivity index (χ0v) is 17.4. The van der Waals surface area contributed by atoms with Crippen LogP contribution in [-0.2, 0) is 19.6 Å². The Morgan fingerprint density at radius 2 is 1.75 bits per heavy atom. The van der Waals surface area contributed by atoms with Gasteiger partial charge in [-0.1, -0.05) is 56.3 Å². The van der Waals surface area contributed by atoms with Gasteiger partial charge in [0.05, 0.1) is 18.1 Å². The molecule has 2 atom stereocenters. The SMILES string of the molecule is CC(C)C[C@@H](C(=O)NN(C)S(C)(=O)=O)[C@H](C/C=C/c1ccccc1)C(=O)NO. The molecule has 0 saturated heterocycles. The van der Waals surface area contributed by atoms with Gasteiger partial charge in [-0.25, -0.2) is 13.9 Å². The van der Waals surface area contributed by atoms with Crippen LogP contribution in [0.2, 0.25) is 0 Å². The van der Waals surface area contributed by atoms with Crippen molar-refractivity contribution in [1.82, 2.24) is 15.3 Å². The highest BCUT2D eigenvalue weighted by Crippen LogP contribution is 2.25. The summed E-state index contributed by atoms with van der Waals surface area (Å²) < 4.78 is 23.9. The van der Waals surface area contributed by atoms with Crippen molar-refractivity contribution in [3.63, 3.8) is 0 Å². The third-order valence-corrected chi connectivity index (χ3v) is 5.35. The fourth-order valence-electron chi connectivity index (χ4n) is 2.73. The van der Waals surface area contributed by atoms with Crippen molar-refractivity contribution < 1.29 is 23.2 Å². The van der Waals surface area contributed by atoms with Gasteiger partial charge < -0.3 is 0 Å². The molecule has 0 bridgehead atoms. The third kappa shape index (κ3) is 7.79. The summed E-state index contributed by atoms with van der Waals surface area (Å²) in [5.41, 5.74) is 4.87. The first-order chi connectivity index (χ1) is 13.1. The maximum atomic E-state index is 12.7. The molecule has 1 rings (SSSR count). The second kappa shape index (κ2) is 10.9. The average Bonchev–Trinajstić information content (AvgIpc) is 2.63. The Morgan fingerprint density at radius 1 is 1.14 bits per heavy atom. The first-order valence-corrected chi connectivity index (χ1v) is 10.8. The minimum atomic E-state index is -3.63. The lowest BCUT2D eigenvalue weighted by molar-refractivity contribution is -0.141. The van der Waals surface area contributed by atoms with Crippen LogP contribution >= 0.6 is 0 Å². The van der Waals surface area contributed by atoms with E-state index in [0.29, 0.717) is 6.42 Å². The summed E-state index contributed by atoms with van der Waals surface area (Å²) in [5, 5.41) is 9.14. The molecular formula is C19H29N3O5S. The van der Waals surface area contributed by atoms with E-state index >= 15 is 0 Å². The molecular weight excluding hydrogens is 382 g/mol. The molecule has 0 aromatic heterocycles. The quantitative estimate of drug-likeness (QED) is 0.401. The molecule has 0 aliphatic carbocycles. The Hall–Kier alpha value is -2.23. The highest BCUT2D eigenvalue weighted by atomic mass is 32.2.